The summed E-state index contributed by atoms with van der Waals surface area (Å²) in [5.74, 6) is 0.635. The number of hydrogen-bond acceptors (Lipinski definition) is 2. The Morgan fingerprint density at radius 2 is 1.93 bits per heavy atom. The van der Waals surface area contributed by atoms with Crippen LogP contribution in [-0.2, 0) is 12.8 Å². The van der Waals surface area contributed by atoms with E-state index in [0.29, 0.717) is 6.42 Å². The molecule has 162 valence electrons. The van der Waals surface area contributed by atoms with Gasteiger partial charge in [0.05, 0.1) is 0 Å². The van der Waals surface area contributed by atoms with E-state index in [-0.39, 0.29) is 5.82 Å². The Morgan fingerprint density at radius 3 is 2.55 bits per heavy atom. The number of halogens is 1. The van der Waals surface area contributed by atoms with Crippen LogP contribution in [0.5, 0.6) is 0 Å². The van der Waals surface area contributed by atoms with Gasteiger partial charge in [0, 0.05) is 12.8 Å². The molecule has 0 aliphatic carbocycles. The summed E-state index contributed by atoms with van der Waals surface area (Å²) < 4.78 is 14.2. The Labute approximate surface area is 178 Å². The summed E-state index contributed by atoms with van der Waals surface area (Å²) >= 11 is 0. The second kappa shape index (κ2) is 15.0. The average molecular weight is 401 g/mol. The number of hydrogen-bond donors (Lipinski definition) is 1. The lowest BCUT2D eigenvalue weighted by Crippen LogP contribution is -2.04. The number of aliphatic imine (C=N–C) groups is 1. The van der Waals surface area contributed by atoms with Gasteiger partial charge in [-0.25, -0.2) is 4.39 Å². The van der Waals surface area contributed by atoms with Crippen molar-refractivity contribution >= 4 is 6.21 Å². The zero-order valence-electron chi connectivity index (χ0n) is 18.9. The molecular formula is C26H41FN2. The molecule has 0 radical (unpaired) electrons. The van der Waals surface area contributed by atoms with Gasteiger partial charge in [-0.3, -0.25) is 4.99 Å². The standard InChI is InChI=1S/C26H41FN2/c1-5-7-10-23(15-16-29-20-22(6-2)19-28)11-8-9-12-24-13-14-25(17-21(3)4)26(27)18-24/h13-14,18-20,23H,3,5-12,15-17,28H2,1-2,4H3/b22-19-,29-20-. The SMILES string of the molecule is C=C(C)Cc1ccc(CCCCC(CCCC)CC/N=C\C(=C/N)CC)cc1F. The van der Waals surface area contributed by atoms with Gasteiger partial charge in [0.15, 0.2) is 0 Å². The molecule has 2 N–H and O–H groups in total. The number of aryl methyl sites for hydroxylation is 1. The summed E-state index contributed by atoms with van der Waals surface area (Å²) in [4.78, 5) is 4.55. The summed E-state index contributed by atoms with van der Waals surface area (Å²) in [5, 5.41) is 0. The van der Waals surface area contributed by atoms with Crippen LogP contribution in [0.3, 0.4) is 0 Å². The molecule has 1 aromatic rings. The van der Waals surface area contributed by atoms with Crippen molar-refractivity contribution in [3.63, 3.8) is 0 Å². The van der Waals surface area contributed by atoms with E-state index in [4.69, 9.17) is 5.73 Å². The summed E-state index contributed by atoms with van der Waals surface area (Å²) in [5.41, 5.74) is 9.51. The number of rotatable bonds is 15. The van der Waals surface area contributed by atoms with Crippen LogP contribution >= 0.6 is 0 Å². The highest BCUT2D eigenvalue weighted by Gasteiger charge is 2.09. The first kappa shape index (κ1) is 25.1. The Morgan fingerprint density at radius 1 is 1.17 bits per heavy atom. The molecule has 29 heavy (non-hydrogen) atoms. The van der Waals surface area contributed by atoms with Gasteiger partial charge in [0.1, 0.15) is 5.82 Å². The normalized spacial score (nSPS) is 13.2. The number of benzene rings is 1. The van der Waals surface area contributed by atoms with Crippen LogP contribution in [0, 0.1) is 11.7 Å². The molecule has 0 saturated carbocycles. The van der Waals surface area contributed by atoms with Crippen molar-refractivity contribution in [2.75, 3.05) is 6.54 Å². The molecule has 3 heteroatoms. The smallest absolute Gasteiger partial charge is 0.126 e. The van der Waals surface area contributed by atoms with Crippen LogP contribution < -0.4 is 5.73 Å². The Balaban J connectivity index is 2.42. The topological polar surface area (TPSA) is 38.4 Å². The third-order valence-corrected chi connectivity index (χ3v) is 5.45. The van der Waals surface area contributed by atoms with Gasteiger partial charge < -0.3 is 5.73 Å². The predicted octanol–water partition coefficient (Wildman–Crippen LogP) is 7.18. The van der Waals surface area contributed by atoms with Crippen LogP contribution in [0.1, 0.15) is 83.3 Å². The molecule has 1 rings (SSSR count). The zero-order valence-corrected chi connectivity index (χ0v) is 18.9. The fraction of sp³-hybridized carbons (Fsp3) is 0.577. The zero-order chi connectivity index (χ0) is 21.5. The lowest BCUT2D eigenvalue weighted by molar-refractivity contribution is 0.396. The summed E-state index contributed by atoms with van der Waals surface area (Å²) in [6.07, 6.45) is 14.5. The van der Waals surface area contributed by atoms with Crippen molar-refractivity contribution in [1.82, 2.24) is 0 Å². The van der Waals surface area contributed by atoms with Crippen LogP contribution in [0.2, 0.25) is 0 Å². The maximum Gasteiger partial charge on any atom is 0.126 e. The van der Waals surface area contributed by atoms with Gasteiger partial charge in [0.2, 0.25) is 0 Å². The molecule has 0 aromatic heterocycles. The molecule has 1 unspecified atom stereocenters. The Bertz CT molecular complexity index is 661. The summed E-state index contributed by atoms with van der Waals surface area (Å²) in [6.45, 7) is 11.0. The third-order valence-electron chi connectivity index (χ3n) is 5.45. The minimum Gasteiger partial charge on any atom is -0.404 e. The number of allylic oxidation sites excluding steroid dienone is 2. The molecule has 0 aliphatic heterocycles. The minimum absolute atomic E-state index is 0.0952. The highest BCUT2D eigenvalue weighted by atomic mass is 19.1. The highest BCUT2D eigenvalue weighted by molar-refractivity contribution is 5.78. The minimum atomic E-state index is -0.0952. The van der Waals surface area contributed by atoms with Crippen molar-refractivity contribution < 1.29 is 4.39 Å². The van der Waals surface area contributed by atoms with Crippen LogP contribution in [0.4, 0.5) is 4.39 Å². The van der Waals surface area contributed by atoms with E-state index in [1.54, 1.807) is 12.3 Å². The first-order valence-electron chi connectivity index (χ1n) is 11.3. The van der Waals surface area contributed by atoms with Gasteiger partial charge in [-0.2, -0.15) is 0 Å². The van der Waals surface area contributed by atoms with E-state index >= 15 is 0 Å². The average Bonchev–Trinajstić information content (AvgIpc) is 2.70. The molecular weight excluding hydrogens is 359 g/mol. The van der Waals surface area contributed by atoms with E-state index in [1.165, 1.54) is 32.1 Å². The van der Waals surface area contributed by atoms with E-state index in [1.807, 2.05) is 19.2 Å². The van der Waals surface area contributed by atoms with E-state index in [9.17, 15) is 4.39 Å². The molecule has 0 bridgehead atoms. The lowest BCUT2D eigenvalue weighted by atomic mass is 9.92. The first-order valence-corrected chi connectivity index (χ1v) is 11.3. The van der Waals surface area contributed by atoms with Gasteiger partial charge >= 0.3 is 0 Å². The lowest BCUT2D eigenvalue weighted by Gasteiger charge is -2.15. The van der Waals surface area contributed by atoms with Gasteiger partial charge in [-0.15, -0.1) is 0 Å². The van der Waals surface area contributed by atoms with Crippen molar-refractivity contribution in [3.8, 4) is 0 Å². The van der Waals surface area contributed by atoms with Gasteiger partial charge in [-0.1, -0.05) is 70.2 Å². The van der Waals surface area contributed by atoms with Crippen LogP contribution in [-0.4, -0.2) is 12.8 Å². The largest absolute Gasteiger partial charge is 0.404 e. The highest BCUT2D eigenvalue weighted by Crippen LogP contribution is 2.21. The number of nitrogens with two attached hydrogens (primary N) is 1. The molecule has 2 nitrogen and oxygen atoms in total. The van der Waals surface area contributed by atoms with Crippen LogP contribution in [0.15, 0.2) is 47.1 Å². The second-order valence-corrected chi connectivity index (χ2v) is 8.23. The molecule has 0 aliphatic rings. The van der Waals surface area contributed by atoms with E-state index in [0.717, 1.165) is 60.4 Å². The van der Waals surface area contributed by atoms with Crippen LogP contribution in [0.25, 0.3) is 0 Å². The maximum atomic E-state index is 14.2. The van der Waals surface area contributed by atoms with E-state index in [2.05, 4.69) is 31.5 Å². The van der Waals surface area contributed by atoms with Crippen molar-refractivity contribution in [3.05, 3.63) is 59.1 Å². The van der Waals surface area contributed by atoms with E-state index < -0.39 is 0 Å². The number of nitrogens with zero attached hydrogens (tertiary/aromatic N) is 1. The molecule has 0 fully saturated rings. The fourth-order valence-corrected chi connectivity index (χ4v) is 3.59. The Hall–Kier alpha value is -1.90. The molecule has 0 heterocycles. The molecule has 0 amide bonds. The fourth-order valence-electron chi connectivity index (χ4n) is 3.59. The van der Waals surface area contributed by atoms with Crippen molar-refractivity contribution in [2.24, 2.45) is 16.6 Å². The van der Waals surface area contributed by atoms with Gasteiger partial charge in [-0.05, 0) is 73.9 Å². The molecule has 1 aromatic carbocycles. The molecule has 0 spiro atoms. The van der Waals surface area contributed by atoms with Gasteiger partial charge in [0.25, 0.3) is 0 Å². The van der Waals surface area contributed by atoms with Crippen molar-refractivity contribution in [2.45, 2.75) is 85.0 Å². The quantitative estimate of drug-likeness (QED) is 0.189. The molecule has 0 saturated heterocycles. The number of unbranched alkanes of at least 4 members (excludes halogenated alkanes) is 2. The predicted molar refractivity (Wildman–Crippen MR) is 126 cm³/mol. The third kappa shape index (κ3) is 11.0. The molecule has 1 atom stereocenters. The summed E-state index contributed by atoms with van der Waals surface area (Å²) in [7, 11) is 0. The Kier molecular flexibility index (Phi) is 13.0. The van der Waals surface area contributed by atoms with Crippen molar-refractivity contribution in [1.29, 1.82) is 0 Å². The second-order valence-electron chi connectivity index (χ2n) is 8.23. The monoisotopic (exact) mass is 400 g/mol. The maximum absolute atomic E-state index is 14.2. The first-order chi connectivity index (χ1) is 14.0. The summed E-state index contributed by atoms with van der Waals surface area (Å²) in [6, 6.07) is 5.69.